The van der Waals surface area contributed by atoms with E-state index in [1.54, 1.807) is 7.11 Å². The lowest BCUT2D eigenvalue weighted by Gasteiger charge is -2.34. The van der Waals surface area contributed by atoms with Gasteiger partial charge in [0, 0.05) is 45.6 Å². The lowest BCUT2D eigenvalue weighted by atomic mass is 10.2. The highest BCUT2D eigenvalue weighted by atomic mass is 16.7. The fourth-order valence-electron chi connectivity index (χ4n) is 2.87. The predicted molar refractivity (Wildman–Crippen MR) is 87.4 cm³/mol. The molecule has 0 atom stereocenters. The number of amides is 3. The zero-order valence-electron chi connectivity index (χ0n) is 14.1. The summed E-state index contributed by atoms with van der Waals surface area (Å²) in [6.45, 7) is 3.17. The average molecular weight is 347 g/mol. The molecule has 2 saturated heterocycles. The van der Waals surface area contributed by atoms with Crippen LogP contribution in [0, 0.1) is 0 Å². The molecule has 0 spiro atoms. The lowest BCUT2D eigenvalue weighted by Crippen LogP contribution is -2.50. The summed E-state index contributed by atoms with van der Waals surface area (Å²) in [5.41, 5.74) is 1.17. The van der Waals surface area contributed by atoms with Crippen LogP contribution in [0.1, 0.15) is 18.4 Å². The summed E-state index contributed by atoms with van der Waals surface area (Å²) in [5, 5.41) is 0.589. The van der Waals surface area contributed by atoms with E-state index in [9.17, 15) is 14.4 Å². The van der Waals surface area contributed by atoms with Gasteiger partial charge in [-0.25, -0.2) is 4.79 Å². The quantitative estimate of drug-likeness (QED) is 0.757. The zero-order valence-corrected chi connectivity index (χ0v) is 14.1. The van der Waals surface area contributed by atoms with Crippen LogP contribution in [0.5, 0.6) is 5.75 Å². The fourth-order valence-corrected chi connectivity index (χ4v) is 2.87. The van der Waals surface area contributed by atoms with Crippen molar-refractivity contribution in [2.75, 3.05) is 33.3 Å². The van der Waals surface area contributed by atoms with Crippen LogP contribution in [0.4, 0.5) is 4.79 Å². The fraction of sp³-hybridized carbons (Fsp3) is 0.471. The number of methoxy groups -OCH3 is 1. The van der Waals surface area contributed by atoms with Gasteiger partial charge in [0.2, 0.25) is 0 Å². The number of hydrogen-bond acceptors (Lipinski definition) is 6. The number of piperazine rings is 1. The van der Waals surface area contributed by atoms with Crippen LogP contribution < -0.4 is 4.74 Å². The first-order valence-electron chi connectivity index (χ1n) is 8.25. The van der Waals surface area contributed by atoms with Crippen LogP contribution >= 0.6 is 0 Å². The Balaban J connectivity index is 1.47. The van der Waals surface area contributed by atoms with Gasteiger partial charge in [0.15, 0.2) is 0 Å². The molecule has 0 aliphatic carbocycles. The first-order valence-corrected chi connectivity index (χ1v) is 8.25. The van der Waals surface area contributed by atoms with E-state index in [-0.39, 0.29) is 12.8 Å². The van der Waals surface area contributed by atoms with Crippen LogP contribution in [0.3, 0.4) is 0 Å². The molecule has 0 saturated carbocycles. The number of hydroxylamine groups is 2. The Hall–Kier alpha value is -2.61. The number of benzene rings is 1. The van der Waals surface area contributed by atoms with Crippen LogP contribution in [0.2, 0.25) is 0 Å². The molecule has 0 bridgehead atoms. The van der Waals surface area contributed by atoms with E-state index in [0.717, 1.165) is 12.3 Å². The SMILES string of the molecule is COc1ccc(CN2CCN(C(=O)ON3C(=O)CCC3=O)CC2)cc1. The van der Waals surface area contributed by atoms with Crippen molar-refractivity contribution >= 4 is 17.9 Å². The minimum Gasteiger partial charge on any atom is -0.497 e. The van der Waals surface area contributed by atoms with Gasteiger partial charge in [-0.1, -0.05) is 12.1 Å². The van der Waals surface area contributed by atoms with Gasteiger partial charge in [-0.15, -0.1) is 5.06 Å². The first kappa shape index (κ1) is 17.2. The number of ether oxygens (including phenoxy) is 1. The summed E-state index contributed by atoms with van der Waals surface area (Å²) in [5.74, 6) is -0.102. The smallest absolute Gasteiger partial charge is 0.434 e. The van der Waals surface area contributed by atoms with Gasteiger partial charge in [0.1, 0.15) is 5.75 Å². The van der Waals surface area contributed by atoms with Crippen LogP contribution in [0.25, 0.3) is 0 Å². The number of nitrogens with zero attached hydrogens (tertiary/aromatic N) is 3. The Morgan fingerprint density at radius 1 is 1.00 bits per heavy atom. The minimum absolute atomic E-state index is 0.0990. The Labute approximate surface area is 145 Å². The van der Waals surface area contributed by atoms with Gasteiger partial charge in [0.05, 0.1) is 7.11 Å². The molecule has 0 aromatic heterocycles. The van der Waals surface area contributed by atoms with E-state index in [2.05, 4.69) is 4.90 Å². The van der Waals surface area contributed by atoms with Crippen molar-refractivity contribution in [3.8, 4) is 5.75 Å². The molecule has 0 radical (unpaired) electrons. The maximum absolute atomic E-state index is 12.1. The normalized spacial score (nSPS) is 18.6. The maximum atomic E-state index is 12.1. The molecule has 3 rings (SSSR count). The van der Waals surface area contributed by atoms with Gasteiger partial charge in [0.25, 0.3) is 11.8 Å². The summed E-state index contributed by atoms with van der Waals surface area (Å²) in [7, 11) is 1.64. The Morgan fingerprint density at radius 3 is 2.16 bits per heavy atom. The van der Waals surface area contributed by atoms with Gasteiger partial charge >= 0.3 is 6.09 Å². The topological polar surface area (TPSA) is 79.4 Å². The molecule has 2 heterocycles. The highest BCUT2D eigenvalue weighted by Gasteiger charge is 2.34. The molecular weight excluding hydrogens is 326 g/mol. The standard InChI is InChI=1S/C17H21N3O5/c1-24-14-4-2-13(3-5-14)12-18-8-10-19(11-9-18)17(23)25-20-15(21)6-7-16(20)22/h2-5H,6-12H2,1H3. The van der Waals surface area contributed by atoms with Gasteiger partial charge < -0.3 is 14.5 Å². The van der Waals surface area contributed by atoms with Crippen molar-refractivity contribution in [2.24, 2.45) is 0 Å². The van der Waals surface area contributed by atoms with Crippen molar-refractivity contribution in [1.82, 2.24) is 14.9 Å². The molecule has 8 heteroatoms. The van der Waals surface area contributed by atoms with E-state index in [1.807, 2.05) is 24.3 Å². The lowest BCUT2D eigenvalue weighted by molar-refractivity contribution is -0.174. The van der Waals surface area contributed by atoms with Crippen molar-refractivity contribution in [1.29, 1.82) is 0 Å². The van der Waals surface area contributed by atoms with Gasteiger partial charge in [-0.3, -0.25) is 14.5 Å². The molecule has 1 aromatic rings. The summed E-state index contributed by atoms with van der Waals surface area (Å²) in [4.78, 5) is 43.8. The zero-order chi connectivity index (χ0) is 17.8. The Morgan fingerprint density at radius 2 is 1.60 bits per heavy atom. The molecule has 0 N–H and O–H groups in total. The second kappa shape index (κ2) is 7.52. The molecule has 2 fully saturated rings. The van der Waals surface area contributed by atoms with E-state index < -0.39 is 17.9 Å². The summed E-state index contributed by atoms with van der Waals surface area (Å²) < 4.78 is 5.15. The third-order valence-electron chi connectivity index (χ3n) is 4.37. The second-order valence-electron chi connectivity index (χ2n) is 6.05. The number of hydrogen-bond donors (Lipinski definition) is 0. The van der Waals surface area contributed by atoms with Crippen molar-refractivity contribution in [3.05, 3.63) is 29.8 Å². The Bertz CT molecular complexity index is 637. The molecule has 134 valence electrons. The van der Waals surface area contributed by atoms with E-state index in [1.165, 1.54) is 10.5 Å². The Kier molecular flexibility index (Phi) is 5.18. The van der Waals surface area contributed by atoms with Gasteiger partial charge in [-0.2, -0.15) is 0 Å². The summed E-state index contributed by atoms with van der Waals surface area (Å²) >= 11 is 0. The van der Waals surface area contributed by atoms with Gasteiger partial charge in [-0.05, 0) is 17.7 Å². The van der Waals surface area contributed by atoms with Crippen molar-refractivity contribution in [3.63, 3.8) is 0 Å². The molecule has 2 aliphatic heterocycles. The predicted octanol–water partition coefficient (Wildman–Crippen LogP) is 1.01. The molecule has 3 amide bonds. The van der Waals surface area contributed by atoms with E-state index in [4.69, 9.17) is 9.57 Å². The number of imide groups is 1. The molecule has 1 aromatic carbocycles. The van der Waals surface area contributed by atoms with E-state index in [0.29, 0.717) is 31.2 Å². The van der Waals surface area contributed by atoms with E-state index >= 15 is 0 Å². The highest BCUT2D eigenvalue weighted by Crippen LogP contribution is 2.16. The van der Waals surface area contributed by atoms with Crippen LogP contribution in [-0.4, -0.2) is 66.1 Å². The highest BCUT2D eigenvalue weighted by molar-refractivity contribution is 6.01. The molecule has 25 heavy (non-hydrogen) atoms. The maximum Gasteiger partial charge on any atom is 0.434 e. The molecule has 0 unspecified atom stereocenters. The van der Waals surface area contributed by atoms with Crippen molar-refractivity contribution < 1.29 is 24.0 Å². The summed E-state index contributed by atoms with van der Waals surface area (Å²) in [6, 6.07) is 7.88. The largest absolute Gasteiger partial charge is 0.497 e. The molecule has 8 nitrogen and oxygen atoms in total. The monoisotopic (exact) mass is 347 g/mol. The second-order valence-corrected chi connectivity index (χ2v) is 6.05. The third kappa shape index (κ3) is 4.08. The third-order valence-corrected chi connectivity index (χ3v) is 4.37. The minimum atomic E-state index is -0.646. The van der Waals surface area contributed by atoms with Crippen molar-refractivity contribution in [2.45, 2.75) is 19.4 Å². The molecule has 2 aliphatic rings. The average Bonchev–Trinajstić information content (AvgIpc) is 2.95. The van der Waals surface area contributed by atoms with Crippen LogP contribution in [0.15, 0.2) is 24.3 Å². The first-order chi connectivity index (χ1) is 12.1. The number of carbonyl (C=O) groups is 3. The van der Waals surface area contributed by atoms with Crippen LogP contribution in [-0.2, 0) is 21.0 Å². The summed E-state index contributed by atoms with van der Waals surface area (Å²) in [6.07, 6.45) is -0.448. The number of carbonyl (C=O) groups excluding carboxylic acids is 3. The molecular formula is C17H21N3O5. The number of rotatable bonds is 4.